The summed E-state index contributed by atoms with van der Waals surface area (Å²) in [6.07, 6.45) is 0.764. The highest BCUT2D eigenvalue weighted by Crippen LogP contribution is 2.25. The predicted molar refractivity (Wildman–Crippen MR) is 151 cm³/mol. The maximum Gasteiger partial charge on any atom is 0.264 e. The molecular formula is C30H37N3O4S. The van der Waals surface area contributed by atoms with Gasteiger partial charge in [-0.25, -0.2) is 8.42 Å². The fraction of sp³-hybridized carbons (Fsp3) is 0.333. The number of nitrogens with zero attached hydrogens (tertiary/aromatic N) is 2. The van der Waals surface area contributed by atoms with E-state index in [9.17, 15) is 18.0 Å². The number of nitrogens with one attached hydrogen (secondary N) is 1. The van der Waals surface area contributed by atoms with E-state index in [1.807, 2.05) is 58.0 Å². The molecule has 8 heteroatoms. The first kappa shape index (κ1) is 28.9. The van der Waals surface area contributed by atoms with Crippen molar-refractivity contribution in [1.29, 1.82) is 0 Å². The van der Waals surface area contributed by atoms with Crippen molar-refractivity contribution in [3.05, 3.63) is 95.1 Å². The zero-order valence-electron chi connectivity index (χ0n) is 22.8. The zero-order chi connectivity index (χ0) is 27.9. The van der Waals surface area contributed by atoms with Gasteiger partial charge in [0.2, 0.25) is 11.8 Å². The average Bonchev–Trinajstić information content (AvgIpc) is 2.89. The van der Waals surface area contributed by atoms with Gasteiger partial charge in [0.25, 0.3) is 10.0 Å². The van der Waals surface area contributed by atoms with E-state index in [2.05, 4.69) is 5.32 Å². The molecule has 0 aromatic heterocycles. The molecule has 0 aliphatic carbocycles. The zero-order valence-corrected chi connectivity index (χ0v) is 23.6. The first-order chi connectivity index (χ1) is 18.0. The highest BCUT2D eigenvalue weighted by Gasteiger charge is 2.32. The van der Waals surface area contributed by atoms with Crippen LogP contribution in [-0.4, -0.2) is 44.3 Å². The van der Waals surface area contributed by atoms with Crippen LogP contribution in [0.1, 0.15) is 42.5 Å². The number of hydrogen-bond donors (Lipinski definition) is 1. The lowest BCUT2D eigenvalue weighted by Crippen LogP contribution is -2.51. The Kier molecular flexibility index (Phi) is 9.69. The summed E-state index contributed by atoms with van der Waals surface area (Å²) < 4.78 is 28.8. The van der Waals surface area contributed by atoms with E-state index in [-0.39, 0.29) is 17.3 Å². The van der Waals surface area contributed by atoms with Crippen molar-refractivity contribution in [3.63, 3.8) is 0 Å². The Bertz CT molecular complexity index is 1350. The Morgan fingerprint density at radius 3 is 2.05 bits per heavy atom. The molecule has 0 aliphatic heterocycles. The van der Waals surface area contributed by atoms with Crippen LogP contribution in [0, 0.1) is 20.8 Å². The minimum absolute atomic E-state index is 0.0937. The van der Waals surface area contributed by atoms with Gasteiger partial charge in [-0.3, -0.25) is 13.9 Å². The van der Waals surface area contributed by atoms with E-state index < -0.39 is 28.5 Å². The van der Waals surface area contributed by atoms with Crippen molar-refractivity contribution < 1.29 is 18.0 Å². The highest BCUT2D eigenvalue weighted by atomic mass is 32.2. The molecule has 3 aromatic rings. The molecule has 0 fully saturated rings. The molecular weight excluding hydrogens is 498 g/mol. The number of hydrogen-bond acceptors (Lipinski definition) is 4. The molecule has 1 atom stereocenters. The lowest BCUT2D eigenvalue weighted by molar-refractivity contribution is -0.139. The van der Waals surface area contributed by atoms with Crippen LogP contribution in [0.2, 0.25) is 0 Å². The van der Waals surface area contributed by atoms with Gasteiger partial charge in [0, 0.05) is 13.1 Å². The Balaban J connectivity index is 2.01. The van der Waals surface area contributed by atoms with E-state index in [0.29, 0.717) is 12.2 Å². The molecule has 0 radical (unpaired) electrons. The van der Waals surface area contributed by atoms with Crippen molar-refractivity contribution in [3.8, 4) is 0 Å². The van der Waals surface area contributed by atoms with Gasteiger partial charge >= 0.3 is 0 Å². The van der Waals surface area contributed by atoms with Crippen molar-refractivity contribution >= 4 is 27.5 Å². The van der Waals surface area contributed by atoms with Crippen molar-refractivity contribution in [2.24, 2.45) is 0 Å². The summed E-state index contributed by atoms with van der Waals surface area (Å²) in [7, 11) is -4.07. The molecule has 0 aliphatic rings. The van der Waals surface area contributed by atoms with Crippen LogP contribution >= 0.6 is 0 Å². The van der Waals surface area contributed by atoms with Gasteiger partial charge in [0.05, 0.1) is 10.6 Å². The van der Waals surface area contributed by atoms with Crippen LogP contribution in [0.5, 0.6) is 0 Å². The number of carbonyl (C=O) groups is 2. The lowest BCUT2D eigenvalue weighted by atomic mass is 10.1. The molecule has 0 saturated heterocycles. The van der Waals surface area contributed by atoms with Crippen LogP contribution < -0.4 is 9.62 Å². The Morgan fingerprint density at radius 2 is 1.47 bits per heavy atom. The third-order valence-electron chi connectivity index (χ3n) is 6.37. The normalized spacial score (nSPS) is 12.0. The van der Waals surface area contributed by atoms with Crippen LogP contribution in [0.4, 0.5) is 5.69 Å². The topological polar surface area (TPSA) is 86.8 Å². The number of sulfonamides is 1. The molecule has 0 spiro atoms. The molecule has 0 heterocycles. The number of carbonyl (C=O) groups excluding carboxylic acids is 2. The lowest BCUT2D eigenvalue weighted by Gasteiger charge is -2.32. The van der Waals surface area contributed by atoms with E-state index in [4.69, 9.17) is 0 Å². The summed E-state index contributed by atoms with van der Waals surface area (Å²) in [6.45, 7) is 9.57. The molecule has 7 nitrogen and oxygen atoms in total. The van der Waals surface area contributed by atoms with Crippen LogP contribution in [0.3, 0.4) is 0 Å². The molecule has 202 valence electrons. The monoisotopic (exact) mass is 535 g/mol. The van der Waals surface area contributed by atoms with E-state index in [1.165, 1.54) is 4.90 Å². The quantitative estimate of drug-likeness (QED) is 0.384. The van der Waals surface area contributed by atoms with Crippen LogP contribution in [0.25, 0.3) is 0 Å². The van der Waals surface area contributed by atoms with Crippen LogP contribution in [-0.2, 0) is 26.2 Å². The minimum Gasteiger partial charge on any atom is -0.354 e. The van der Waals surface area contributed by atoms with Gasteiger partial charge in [-0.05, 0) is 69.5 Å². The highest BCUT2D eigenvalue weighted by molar-refractivity contribution is 7.92. The molecule has 1 N–H and O–H groups in total. The number of amides is 2. The summed E-state index contributed by atoms with van der Waals surface area (Å²) in [5.74, 6) is -0.752. The van der Waals surface area contributed by atoms with Crippen molar-refractivity contribution in [2.45, 2.75) is 58.5 Å². The third-order valence-corrected chi connectivity index (χ3v) is 8.16. The Labute approximate surface area is 226 Å². The summed E-state index contributed by atoms with van der Waals surface area (Å²) in [5.41, 5.74) is 4.11. The minimum atomic E-state index is -4.07. The summed E-state index contributed by atoms with van der Waals surface area (Å²) >= 11 is 0. The third kappa shape index (κ3) is 7.22. The SMILES string of the molecule is CCCNC(=O)C(C)N(Cc1ccc(C)cc1)C(=O)CN(c1cccc(C)c1)S(=O)(=O)c1ccc(C)cc1. The number of anilines is 1. The molecule has 1 unspecified atom stereocenters. The molecule has 0 saturated carbocycles. The summed E-state index contributed by atoms with van der Waals surface area (Å²) in [6, 6.07) is 20.5. The Morgan fingerprint density at radius 1 is 0.868 bits per heavy atom. The van der Waals surface area contributed by atoms with E-state index >= 15 is 0 Å². The molecule has 3 aromatic carbocycles. The predicted octanol–water partition coefficient (Wildman–Crippen LogP) is 4.75. The smallest absolute Gasteiger partial charge is 0.264 e. The van der Waals surface area contributed by atoms with E-state index in [0.717, 1.165) is 33.0 Å². The van der Waals surface area contributed by atoms with Crippen molar-refractivity contribution in [1.82, 2.24) is 10.2 Å². The number of aryl methyl sites for hydroxylation is 3. The molecule has 2 amide bonds. The second-order valence-corrected chi connectivity index (χ2v) is 11.5. The molecule has 38 heavy (non-hydrogen) atoms. The van der Waals surface area contributed by atoms with Gasteiger partial charge in [0.15, 0.2) is 0 Å². The summed E-state index contributed by atoms with van der Waals surface area (Å²) in [4.78, 5) is 28.3. The largest absolute Gasteiger partial charge is 0.354 e. The van der Waals surface area contributed by atoms with Crippen LogP contribution in [0.15, 0.2) is 77.7 Å². The average molecular weight is 536 g/mol. The second kappa shape index (κ2) is 12.7. The maximum atomic E-state index is 13.9. The Hall–Kier alpha value is -3.65. The van der Waals surface area contributed by atoms with Gasteiger partial charge in [-0.1, -0.05) is 66.6 Å². The van der Waals surface area contributed by atoms with Gasteiger partial charge < -0.3 is 10.2 Å². The van der Waals surface area contributed by atoms with E-state index in [1.54, 1.807) is 49.4 Å². The first-order valence-corrected chi connectivity index (χ1v) is 14.3. The van der Waals surface area contributed by atoms with Crippen molar-refractivity contribution in [2.75, 3.05) is 17.4 Å². The summed E-state index contributed by atoms with van der Waals surface area (Å²) in [5, 5.41) is 2.85. The maximum absolute atomic E-state index is 13.9. The number of benzene rings is 3. The second-order valence-electron chi connectivity index (χ2n) is 9.64. The fourth-order valence-electron chi connectivity index (χ4n) is 4.02. The fourth-order valence-corrected chi connectivity index (χ4v) is 5.42. The number of rotatable bonds is 11. The van der Waals surface area contributed by atoms with Gasteiger partial charge in [-0.2, -0.15) is 0 Å². The van der Waals surface area contributed by atoms with Gasteiger partial charge in [-0.15, -0.1) is 0 Å². The van der Waals surface area contributed by atoms with Gasteiger partial charge in [0.1, 0.15) is 12.6 Å². The molecule has 3 rings (SSSR count). The standard InChI is InChI=1S/C30H37N3O4S/c1-6-18-31-30(35)25(5)32(20-26-14-10-22(2)11-15-26)29(34)21-33(27-9-7-8-24(4)19-27)38(36,37)28-16-12-23(3)13-17-28/h7-17,19,25H,6,18,20-21H2,1-5H3,(H,31,35). The first-order valence-electron chi connectivity index (χ1n) is 12.8. The molecule has 0 bridgehead atoms.